The van der Waals surface area contributed by atoms with E-state index in [0.717, 1.165) is 10.6 Å². The second-order valence-corrected chi connectivity index (χ2v) is 4.22. The number of ether oxygens (including phenoxy) is 1. The van der Waals surface area contributed by atoms with E-state index in [1.165, 1.54) is 14.2 Å². The summed E-state index contributed by atoms with van der Waals surface area (Å²) in [6.45, 7) is 1.85. The van der Waals surface area contributed by atoms with E-state index in [1.807, 2.05) is 6.92 Å². The van der Waals surface area contributed by atoms with Gasteiger partial charge in [-0.2, -0.15) is 0 Å². The summed E-state index contributed by atoms with van der Waals surface area (Å²) in [7, 11) is 3.02. The normalized spacial score (nSPS) is 19.3. The SMILES string of the molecule is COc1cnc(C)cc1NC1CC(=O)N(C)C1=O. The van der Waals surface area contributed by atoms with E-state index in [9.17, 15) is 9.59 Å². The number of anilines is 1. The summed E-state index contributed by atoms with van der Waals surface area (Å²) in [6.07, 6.45) is 1.75. The number of carbonyl (C=O) groups excluding carboxylic acids is 2. The first kappa shape index (κ1) is 12.3. The monoisotopic (exact) mass is 249 g/mol. The zero-order valence-electron chi connectivity index (χ0n) is 10.6. The lowest BCUT2D eigenvalue weighted by Crippen LogP contribution is -2.31. The first-order valence-corrected chi connectivity index (χ1v) is 5.60. The number of methoxy groups -OCH3 is 1. The summed E-state index contributed by atoms with van der Waals surface area (Å²) in [4.78, 5) is 28.5. The molecule has 18 heavy (non-hydrogen) atoms. The maximum atomic E-state index is 11.8. The topological polar surface area (TPSA) is 71.5 Å². The van der Waals surface area contributed by atoms with Gasteiger partial charge in [-0.1, -0.05) is 0 Å². The van der Waals surface area contributed by atoms with Gasteiger partial charge in [-0.25, -0.2) is 0 Å². The van der Waals surface area contributed by atoms with Gasteiger partial charge in [0.25, 0.3) is 5.91 Å². The smallest absolute Gasteiger partial charge is 0.251 e. The predicted molar refractivity (Wildman–Crippen MR) is 65.3 cm³/mol. The van der Waals surface area contributed by atoms with Gasteiger partial charge in [0, 0.05) is 12.7 Å². The number of nitrogens with zero attached hydrogens (tertiary/aromatic N) is 2. The van der Waals surface area contributed by atoms with Crippen LogP contribution in [-0.2, 0) is 9.59 Å². The number of likely N-dealkylation sites (tertiary alicyclic amines) is 1. The van der Waals surface area contributed by atoms with Crippen molar-refractivity contribution in [1.82, 2.24) is 9.88 Å². The number of amides is 2. The number of hydrogen-bond acceptors (Lipinski definition) is 5. The highest BCUT2D eigenvalue weighted by atomic mass is 16.5. The van der Waals surface area contributed by atoms with Crippen molar-refractivity contribution >= 4 is 17.5 Å². The fourth-order valence-electron chi connectivity index (χ4n) is 1.88. The summed E-state index contributed by atoms with van der Waals surface area (Å²) >= 11 is 0. The van der Waals surface area contributed by atoms with Gasteiger partial charge in [-0.05, 0) is 13.0 Å². The van der Waals surface area contributed by atoms with Crippen LogP contribution in [0.1, 0.15) is 12.1 Å². The zero-order valence-corrected chi connectivity index (χ0v) is 10.6. The molecule has 1 atom stereocenters. The summed E-state index contributed by atoms with van der Waals surface area (Å²) in [5.41, 5.74) is 1.48. The lowest BCUT2D eigenvalue weighted by atomic mass is 10.2. The van der Waals surface area contributed by atoms with Crippen LogP contribution in [0.3, 0.4) is 0 Å². The Hall–Kier alpha value is -2.11. The van der Waals surface area contributed by atoms with Crippen LogP contribution < -0.4 is 10.1 Å². The number of aromatic nitrogens is 1. The Kier molecular flexibility index (Phi) is 3.18. The van der Waals surface area contributed by atoms with Crippen molar-refractivity contribution in [3.8, 4) is 5.75 Å². The Morgan fingerprint density at radius 1 is 1.50 bits per heavy atom. The first-order valence-electron chi connectivity index (χ1n) is 5.60. The standard InChI is InChI=1S/C12H15N3O3/c1-7-4-8(10(18-3)6-13-7)14-9-5-11(16)15(2)12(9)17/h4,6,9H,5H2,1-3H3,(H,13,14). The Labute approximate surface area is 105 Å². The summed E-state index contributed by atoms with van der Waals surface area (Å²) in [5.74, 6) is 0.147. The molecule has 2 rings (SSSR count). The number of hydrogen-bond donors (Lipinski definition) is 1. The van der Waals surface area contributed by atoms with Gasteiger partial charge < -0.3 is 10.1 Å². The summed E-state index contributed by atoms with van der Waals surface area (Å²) < 4.78 is 5.16. The highest BCUT2D eigenvalue weighted by Gasteiger charge is 2.36. The van der Waals surface area contributed by atoms with Crippen LogP contribution in [0.2, 0.25) is 0 Å². The quantitative estimate of drug-likeness (QED) is 0.793. The van der Waals surface area contributed by atoms with Crippen LogP contribution in [0.5, 0.6) is 5.75 Å². The summed E-state index contributed by atoms with van der Waals surface area (Å²) in [5, 5.41) is 3.03. The highest BCUT2D eigenvalue weighted by Crippen LogP contribution is 2.26. The third-order valence-corrected chi connectivity index (χ3v) is 2.94. The minimum absolute atomic E-state index is 0.167. The molecule has 1 aliphatic rings. The molecule has 96 valence electrons. The van der Waals surface area contributed by atoms with Crippen LogP contribution in [-0.4, -0.2) is 41.9 Å². The van der Waals surface area contributed by atoms with E-state index in [2.05, 4.69) is 10.3 Å². The van der Waals surface area contributed by atoms with Crippen molar-refractivity contribution < 1.29 is 14.3 Å². The minimum Gasteiger partial charge on any atom is -0.493 e. The van der Waals surface area contributed by atoms with Crippen molar-refractivity contribution in [3.63, 3.8) is 0 Å². The Balaban J connectivity index is 2.22. The predicted octanol–water partition coefficient (Wildman–Crippen LogP) is 0.568. The van der Waals surface area contributed by atoms with Crippen LogP contribution in [0.4, 0.5) is 5.69 Å². The van der Waals surface area contributed by atoms with Crippen molar-refractivity contribution in [1.29, 1.82) is 0 Å². The fourth-order valence-corrected chi connectivity index (χ4v) is 1.88. The second-order valence-electron chi connectivity index (χ2n) is 4.22. The van der Waals surface area contributed by atoms with E-state index in [1.54, 1.807) is 12.3 Å². The molecule has 1 saturated heterocycles. The van der Waals surface area contributed by atoms with Crippen LogP contribution in [0, 0.1) is 6.92 Å². The molecule has 1 N–H and O–H groups in total. The summed E-state index contributed by atoms with van der Waals surface area (Å²) in [6, 6.07) is 1.26. The maximum Gasteiger partial charge on any atom is 0.251 e. The number of pyridine rings is 1. The Morgan fingerprint density at radius 2 is 2.22 bits per heavy atom. The first-order chi connectivity index (χ1) is 8.52. The van der Waals surface area contributed by atoms with E-state index in [4.69, 9.17) is 4.74 Å². The van der Waals surface area contributed by atoms with Crippen molar-refractivity contribution in [3.05, 3.63) is 18.0 Å². The molecule has 6 nitrogen and oxygen atoms in total. The zero-order chi connectivity index (χ0) is 13.3. The Bertz CT molecular complexity index is 501. The van der Waals surface area contributed by atoms with E-state index < -0.39 is 6.04 Å². The number of nitrogens with one attached hydrogen (secondary N) is 1. The van der Waals surface area contributed by atoms with Crippen molar-refractivity contribution in [2.75, 3.05) is 19.5 Å². The average Bonchev–Trinajstić information content (AvgIpc) is 2.57. The van der Waals surface area contributed by atoms with Crippen LogP contribution >= 0.6 is 0 Å². The molecular weight excluding hydrogens is 234 g/mol. The number of aryl methyl sites for hydroxylation is 1. The molecule has 1 aliphatic heterocycles. The number of imide groups is 1. The molecule has 0 spiro atoms. The second kappa shape index (κ2) is 4.64. The van der Waals surface area contributed by atoms with Gasteiger partial charge in [0.15, 0.2) is 5.75 Å². The molecule has 6 heteroatoms. The molecule has 1 aromatic rings. The lowest BCUT2D eigenvalue weighted by molar-refractivity contribution is -0.136. The maximum absolute atomic E-state index is 11.8. The van der Waals surface area contributed by atoms with Gasteiger partial charge in [0.1, 0.15) is 6.04 Å². The molecule has 0 aromatic carbocycles. The van der Waals surface area contributed by atoms with Gasteiger partial charge in [0.2, 0.25) is 5.91 Å². The van der Waals surface area contributed by atoms with E-state index in [-0.39, 0.29) is 18.2 Å². The van der Waals surface area contributed by atoms with Gasteiger partial charge >= 0.3 is 0 Å². The van der Waals surface area contributed by atoms with Gasteiger partial charge in [0.05, 0.1) is 25.4 Å². The van der Waals surface area contributed by atoms with Crippen molar-refractivity contribution in [2.24, 2.45) is 0 Å². The van der Waals surface area contributed by atoms with Crippen LogP contribution in [0.25, 0.3) is 0 Å². The molecule has 0 aliphatic carbocycles. The largest absolute Gasteiger partial charge is 0.493 e. The number of likely N-dealkylation sites (N-methyl/N-ethyl adjacent to an activating group) is 1. The third-order valence-electron chi connectivity index (χ3n) is 2.94. The molecule has 0 saturated carbocycles. The molecule has 1 fully saturated rings. The molecule has 2 amide bonds. The van der Waals surface area contributed by atoms with Gasteiger partial charge in [-0.3, -0.25) is 19.5 Å². The lowest BCUT2D eigenvalue weighted by Gasteiger charge is -2.15. The molecule has 1 unspecified atom stereocenters. The third kappa shape index (κ3) is 2.13. The molecule has 0 bridgehead atoms. The molecule has 2 heterocycles. The minimum atomic E-state index is -0.529. The van der Waals surface area contributed by atoms with Crippen LogP contribution in [0.15, 0.2) is 12.3 Å². The highest BCUT2D eigenvalue weighted by molar-refractivity contribution is 6.06. The fraction of sp³-hybridized carbons (Fsp3) is 0.417. The van der Waals surface area contributed by atoms with E-state index >= 15 is 0 Å². The number of rotatable bonds is 3. The Morgan fingerprint density at radius 3 is 2.78 bits per heavy atom. The average molecular weight is 249 g/mol. The molecule has 1 aromatic heterocycles. The van der Waals surface area contributed by atoms with E-state index in [0.29, 0.717) is 11.4 Å². The molecule has 0 radical (unpaired) electrons. The van der Waals surface area contributed by atoms with Gasteiger partial charge in [-0.15, -0.1) is 0 Å². The van der Waals surface area contributed by atoms with Crippen molar-refractivity contribution in [2.45, 2.75) is 19.4 Å². The molecular formula is C12H15N3O3. The number of carbonyl (C=O) groups is 2.